The lowest BCUT2D eigenvalue weighted by atomic mass is 9.78. The van der Waals surface area contributed by atoms with Gasteiger partial charge in [0.2, 0.25) is 0 Å². The number of hydrogen-bond donors (Lipinski definition) is 1. The number of epoxide rings is 2. The first-order valence-electron chi connectivity index (χ1n) is 10.4. The molecule has 2 aromatic carbocycles. The topological polar surface area (TPSA) is 71.6 Å². The van der Waals surface area contributed by atoms with Crippen molar-refractivity contribution in [1.82, 2.24) is 0 Å². The largest absolute Gasteiger partial charge is 0.508 e. The molecule has 2 saturated heterocycles. The standard InChI is InChI=1S/C25H28O5/c1-16(17(12-22-14-28-22)13-23-15-29-23)24(27)30-21-10-6-19(7-11-21)25(2,3)18-4-8-20(26)9-5-18/h4-11,17,22-23,26H,1,12-15H2,2-3H3. The smallest absolute Gasteiger partial charge is 0.339 e. The summed E-state index contributed by atoms with van der Waals surface area (Å²) in [6.07, 6.45) is 2.01. The van der Waals surface area contributed by atoms with Gasteiger partial charge in [0, 0.05) is 11.0 Å². The molecule has 2 aliphatic rings. The van der Waals surface area contributed by atoms with Gasteiger partial charge in [0.05, 0.1) is 25.4 Å². The van der Waals surface area contributed by atoms with Crippen molar-refractivity contribution >= 4 is 5.97 Å². The van der Waals surface area contributed by atoms with E-state index >= 15 is 0 Å². The third-order valence-corrected chi connectivity index (χ3v) is 6.03. The van der Waals surface area contributed by atoms with Crippen LogP contribution in [0.3, 0.4) is 0 Å². The van der Waals surface area contributed by atoms with Crippen LogP contribution in [0.4, 0.5) is 0 Å². The third kappa shape index (κ3) is 4.91. The first-order valence-corrected chi connectivity index (χ1v) is 10.4. The molecule has 2 atom stereocenters. The van der Waals surface area contributed by atoms with Gasteiger partial charge in [0.15, 0.2) is 0 Å². The van der Waals surface area contributed by atoms with E-state index < -0.39 is 5.97 Å². The van der Waals surface area contributed by atoms with Crippen molar-refractivity contribution in [2.75, 3.05) is 13.2 Å². The minimum atomic E-state index is -0.396. The average molecular weight is 408 g/mol. The number of aromatic hydroxyl groups is 1. The van der Waals surface area contributed by atoms with Crippen molar-refractivity contribution in [3.05, 3.63) is 71.8 Å². The fourth-order valence-electron chi connectivity index (χ4n) is 3.75. The lowest BCUT2D eigenvalue weighted by Crippen LogP contribution is -2.21. The Morgan fingerprint density at radius 3 is 1.97 bits per heavy atom. The van der Waals surface area contributed by atoms with Crippen molar-refractivity contribution in [3.8, 4) is 11.5 Å². The Kier molecular flexibility index (Phi) is 5.67. The van der Waals surface area contributed by atoms with Crippen molar-refractivity contribution in [2.24, 2.45) is 5.92 Å². The SMILES string of the molecule is C=C(C(=O)Oc1ccc(C(C)(C)c2ccc(O)cc2)cc1)C(CC1CO1)CC1CO1. The molecule has 4 rings (SSSR count). The van der Waals surface area contributed by atoms with Gasteiger partial charge in [-0.3, -0.25) is 0 Å². The van der Waals surface area contributed by atoms with Crippen molar-refractivity contribution in [1.29, 1.82) is 0 Å². The van der Waals surface area contributed by atoms with Crippen molar-refractivity contribution < 1.29 is 24.1 Å². The first-order chi connectivity index (χ1) is 14.3. The number of carbonyl (C=O) groups is 1. The van der Waals surface area contributed by atoms with Gasteiger partial charge < -0.3 is 19.3 Å². The monoisotopic (exact) mass is 408 g/mol. The molecule has 0 aromatic heterocycles. The number of phenolic OH excluding ortho intramolecular Hbond substituents is 1. The summed E-state index contributed by atoms with van der Waals surface area (Å²) in [5, 5.41) is 9.53. The number of hydrogen-bond acceptors (Lipinski definition) is 5. The first kappa shape index (κ1) is 20.6. The highest BCUT2D eigenvalue weighted by molar-refractivity contribution is 5.90. The highest BCUT2D eigenvalue weighted by Crippen LogP contribution is 2.34. The quantitative estimate of drug-likeness (QED) is 0.289. The van der Waals surface area contributed by atoms with Crippen LogP contribution in [-0.4, -0.2) is 36.5 Å². The second kappa shape index (κ2) is 8.25. The molecule has 2 aliphatic heterocycles. The highest BCUT2D eigenvalue weighted by Gasteiger charge is 2.35. The molecule has 0 saturated carbocycles. The summed E-state index contributed by atoms with van der Waals surface area (Å²) in [6, 6.07) is 14.8. The molecule has 0 radical (unpaired) electrons. The molecule has 0 spiro atoms. The van der Waals surface area contributed by atoms with Gasteiger partial charge in [-0.15, -0.1) is 0 Å². The predicted molar refractivity (Wildman–Crippen MR) is 114 cm³/mol. The zero-order valence-corrected chi connectivity index (χ0v) is 17.5. The van der Waals surface area contributed by atoms with E-state index in [4.69, 9.17) is 14.2 Å². The van der Waals surface area contributed by atoms with Gasteiger partial charge >= 0.3 is 5.97 Å². The molecule has 0 bridgehead atoms. The van der Waals surface area contributed by atoms with Gasteiger partial charge in [0.1, 0.15) is 11.5 Å². The Hall–Kier alpha value is -2.63. The van der Waals surface area contributed by atoms with Crippen LogP contribution in [0.25, 0.3) is 0 Å². The number of rotatable bonds is 9. The van der Waals surface area contributed by atoms with Crippen LogP contribution in [0, 0.1) is 5.92 Å². The van der Waals surface area contributed by atoms with E-state index in [9.17, 15) is 9.90 Å². The Morgan fingerprint density at radius 2 is 1.50 bits per heavy atom. The van der Waals surface area contributed by atoms with Crippen LogP contribution in [0.5, 0.6) is 11.5 Å². The molecule has 158 valence electrons. The predicted octanol–water partition coefficient (Wildman–Crippen LogP) is 4.37. The number of esters is 1. The number of benzene rings is 2. The lowest BCUT2D eigenvalue weighted by molar-refractivity contribution is -0.130. The summed E-state index contributed by atoms with van der Waals surface area (Å²) in [5.74, 6) is 0.365. The normalized spacial score (nSPS) is 21.0. The van der Waals surface area contributed by atoms with Crippen LogP contribution < -0.4 is 4.74 Å². The minimum absolute atomic E-state index is 0.0187. The lowest BCUT2D eigenvalue weighted by Gasteiger charge is -2.26. The Labute approximate surface area is 177 Å². The van der Waals surface area contributed by atoms with E-state index in [2.05, 4.69) is 20.4 Å². The summed E-state index contributed by atoms with van der Waals surface area (Å²) >= 11 is 0. The van der Waals surface area contributed by atoms with Crippen molar-refractivity contribution in [3.63, 3.8) is 0 Å². The van der Waals surface area contributed by atoms with Gasteiger partial charge in [-0.1, -0.05) is 44.7 Å². The highest BCUT2D eigenvalue weighted by atomic mass is 16.6. The maximum atomic E-state index is 12.7. The van der Waals surface area contributed by atoms with E-state index in [-0.39, 0.29) is 29.3 Å². The van der Waals surface area contributed by atoms with Gasteiger partial charge in [-0.05, 0) is 54.2 Å². The molecule has 5 nitrogen and oxygen atoms in total. The molecular formula is C25H28O5. The van der Waals surface area contributed by atoms with Gasteiger partial charge in [-0.2, -0.15) is 0 Å². The zero-order valence-electron chi connectivity index (χ0n) is 17.5. The molecule has 2 aromatic rings. The van der Waals surface area contributed by atoms with E-state index in [0.29, 0.717) is 11.3 Å². The fourth-order valence-corrected chi connectivity index (χ4v) is 3.75. The molecule has 5 heteroatoms. The summed E-state index contributed by atoms with van der Waals surface area (Å²) in [4.78, 5) is 12.7. The van der Waals surface area contributed by atoms with Gasteiger partial charge in [0.25, 0.3) is 0 Å². The van der Waals surface area contributed by atoms with Crippen LogP contribution in [0.1, 0.15) is 37.8 Å². The van der Waals surface area contributed by atoms with E-state index in [0.717, 1.165) is 37.2 Å². The Bertz CT molecular complexity index is 892. The van der Waals surface area contributed by atoms with Crippen molar-refractivity contribution in [2.45, 2.75) is 44.3 Å². The maximum Gasteiger partial charge on any atom is 0.339 e. The van der Waals surface area contributed by atoms with E-state index in [1.807, 2.05) is 36.4 Å². The molecular weight excluding hydrogens is 380 g/mol. The summed E-state index contributed by atoms with van der Waals surface area (Å²) < 4.78 is 16.3. The molecule has 2 heterocycles. The van der Waals surface area contributed by atoms with Crippen LogP contribution in [-0.2, 0) is 19.7 Å². The van der Waals surface area contributed by atoms with E-state index in [1.165, 1.54) is 0 Å². The second-order valence-electron chi connectivity index (χ2n) is 8.69. The molecule has 30 heavy (non-hydrogen) atoms. The number of ether oxygens (including phenoxy) is 3. The molecule has 0 amide bonds. The Balaban J connectivity index is 1.41. The van der Waals surface area contributed by atoms with Crippen LogP contribution in [0.15, 0.2) is 60.7 Å². The summed E-state index contributed by atoms with van der Waals surface area (Å²) in [7, 11) is 0. The third-order valence-electron chi connectivity index (χ3n) is 6.03. The fraction of sp³-hybridized carbons (Fsp3) is 0.400. The van der Waals surface area contributed by atoms with E-state index in [1.54, 1.807) is 12.1 Å². The number of phenols is 1. The maximum absolute atomic E-state index is 12.7. The summed E-state index contributed by atoms with van der Waals surface area (Å²) in [6.45, 7) is 9.75. The molecule has 1 N–H and O–H groups in total. The van der Waals surface area contributed by atoms with Gasteiger partial charge in [-0.25, -0.2) is 4.79 Å². The number of carbonyl (C=O) groups excluding carboxylic acids is 1. The average Bonchev–Trinajstić information content (AvgIpc) is 3.64. The minimum Gasteiger partial charge on any atom is -0.508 e. The van der Waals surface area contributed by atoms with Crippen LogP contribution in [0.2, 0.25) is 0 Å². The second-order valence-corrected chi connectivity index (χ2v) is 8.69. The Morgan fingerprint density at radius 1 is 1.03 bits per heavy atom. The molecule has 0 aliphatic carbocycles. The van der Waals surface area contributed by atoms with Crippen LogP contribution >= 0.6 is 0 Å². The summed E-state index contributed by atoms with van der Waals surface area (Å²) in [5.41, 5.74) is 2.40. The molecule has 2 fully saturated rings. The zero-order chi connectivity index (χ0) is 21.3. The molecule has 2 unspecified atom stereocenters.